The summed E-state index contributed by atoms with van der Waals surface area (Å²) in [5, 5.41) is 11.4. The molecule has 1 rings (SSSR count). The number of rotatable bonds is 3. The minimum Gasteiger partial charge on any atom is -0.480 e. The molecular formula is C12H14BrNO3. The van der Waals surface area contributed by atoms with E-state index in [0.29, 0.717) is 10.0 Å². The molecule has 2 N–H and O–H groups in total. The van der Waals surface area contributed by atoms with Gasteiger partial charge >= 0.3 is 5.97 Å². The molecule has 0 aliphatic rings. The Labute approximate surface area is 108 Å². The number of carbonyl (C=O) groups excluding carboxylic acids is 1. The molecule has 17 heavy (non-hydrogen) atoms. The zero-order chi connectivity index (χ0) is 13.2. The molecule has 0 heterocycles. The Kier molecular flexibility index (Phi) is 3.93. The van der Waals surface area contributed by atoms with Crippen LogP contribution in [0.1, 0.15) is 29.8 Å². The van der Waals surface area contributed by atoms with Gasteiger partial charge in [-0.2, -0.15) is 0 Å². The summed E-state index contributed by atoms with van der Waals surface area (Å²) >= 11 is 3.28. The minimum atomic E-state index is -1.29. The highest BCUT2D eigenvalue weighted by atomic mass is 79.9. The molecule has 0 saturated carbocycles. The maximum Gasteiger partial charge on any atom is 0.328 e. The van der Waals surface area contributed by atoms with E-state index in [9.17, 15) is 9.59 Å². The third kappa shape index (κ3) is 3.30. The van der Waals surface area contributed by atoms with Gasteiger partial charge in [0.05, 0.1) is 5.56 Å². The maximum absolute atomic E-state index is 11.9. The van der Waals surface area contributed by atoms with Crippen LogP contribution in [0.4, 0.5) is 0 Å². The zero-order valence-electron chi connectivity index (χ0n) is 9.87. The van der Waals surface area contributed by atoms with Gasteiger partial charge < -0.3 is 10.4 Å². The number of hydrogen-bond acceptors (Lipinski definition) is 2. The molecule has 0 aliphatic carbocycles. The van der Waals surface area contributed by atoms with Crippen molar-refractivity contribution in [1.82, 2.24) is 5.32 Å². The van der Waals surface area contributed by atoms with E-state index in [2.05, 4.69) is 21.2 Å². The number of benzene rings is 1. The highest BCUT2D eigenvalue weighted by Crippen LogP contribution is 2.19. The Hall–Kier alpha value is -1.36. The molecule has 1 amide bonds. The largest absolute Gasteiger partial charge is 0.480 e. The first-order valence-corrected chi connectivity index (χ1v) is 5.85. The zero-order valence-corrected chi connectivity index (χ0v) is 11.5. The first-order valence-electron chi connectivity index (χ1n) is 5.06. The van der Waals surface area contributed by atoms with Crippen LogP contribution >= 0.6 is 15.9 Å². The summed E-state index contributed by atoms with van der Waals surface area (Å²) < 4.78 is 0.649. The number of amides is 1. The highest BCUT2D eigenvalue weighted by molar-refractivity contribution is 9.10. The van der Waals surface area contributed by atoms with Gasteiger partial charge in [0, 0.05) is 4.47 Å². The minimum absolute atomic E-state index is 0.413. The Bertz CT molecular complexity index is 469. The lowest BCUT2D eigenvalue weighted by atomic mass is 10.0. The number of nitrogens with one attached hydrogen (secondary N) is 1. The SMILES string of the molecule is Cc1ccc(C(=O)NC(C)(C)C(=O)O)c(Br)c1. The predicted molar refractivity (Wildman–Crippen MR) is 68.1 cm³/mol. The van der Waals surface area contributed by atoms with Gasteiger partial charge in [0.2, 0.25) is 0 Å². The molecule has 92 valence electrons. The van der Waals surface area contributed by atoms with Crippen LogP contribution in [0.2, 0.25) is 0 Å². The standard InChI is InChI=1S/C12H14BrNO3/c1-7-4-5-8(9(13)6-7)10(15)14-12(2,3)11(16)17/h4-6H,1-3H3,(H,14,15)(H,16,17). The van der Waals surface area contributed by atoms with Crippen molar-refractivity contribution in [3.05, 3.63) is 33.8 Å². The van der Waals surface area contributed by atoms with E-state index < -0.39 is 17.4 Å². The van der Waals surface area contributed by atoms with Crippen molar-refractivity contribution in [1.29, 1.82) is 0 Å². The van der Waals surface area contributed by atoms with Crippen LogP contribution in [0.25, 0.3) is 0 Å². The van der Waals surface area contributed by atoms with Crippen LogP contribution in [-0.2, 0) is 4.79 Å². The van der Waals surface area contributed by atoms with Gasteiger partial charge in [-0.05, 0) is 54.4 Å². The van der Waals surface area contributed by atoms with Crippen LogP contribution in [0, 0.1) is 6.92 Å². The summed E-state index contributed by atoms with van der Waals surface area (Å²) in [7, 11) is 0. The second-order valence-electron chi connectivity index (χ2n) is 4.37. The molecule has 5 heteroatoms. The van der Waals surface area contributed by atoms with Crippen LogP contribution in [0.3, 0.4) is 0 Å². The molecule has 0 radical (unpaired) electrons. The lowest BCUT2D eigenvalue weighted by molar-refractivity contribution is -0.143. The van der Waals surface area contributed by atoms with E-state index in [1.165, 1.54) is 13.8 Å². The van der Waals surface area contributed by atoms with Crippen LogP contribution in [-0.4, -0.2) is 22.5 Å². The van der Waals surface area contributed by atoms with Gasteiger partial charge in [-0.25, -0.2) is 4.79 Å². The van der Waals surface area contributed by atoms with Crippen molar-refractivity contribution in [2.24, 2.45) is 0 Å². The third-order valence-corrected chi connectivity index (χ3v) is 2.99. The van der Waals surface area contributed by atoms with Gasteiger partial charge in [0.25, 0.3) is 5.91 Å². The molecule has 0 unspecified atom stereocenters. The number of hydrogen-bond donors (Lipinski definition) is 2. The smallest absolute Gasteiger partial charge is 0.328 e. The van der Waals surface area contributed by atoms with E-state index in [1.54, 1.807) is 12.1 Å². The first-order chi connectivity index (χ1) is 7.74. The van der Waals surface area contributed by atoms with Gasteiger partial charge in [-0.1, -0.05) is 6.07 Å². The van der Waals surface area contributed by atoms with Gasteiger partial charge in [0.15, 0.2) is 0 Å². The number of aliphatic carboxylic acids is 1. The summed E-state index contributed by atoms with van der Waals surface area (Å²) in [5.41, 5.74) is 0.150. The summed E-state index contributed by atoms with van der Waals surface area (Å²) in [6.07, 6.45) is 0. The van der Waals surface area contributed by atoms with Crippen molar-refractivity contribution in [2.75, 3.05) is 0 Å². The number of carbonyl (C=O) groups is 2. The average molecular weight is 300 g/mol. The fraction of sp³-hybridized carbons (Fsp3) is 0.333. The summed E-state index contributed by atoms with van der Waals surface area (Å²) in [4.78, 5) is 22.8. The summed E-state index contributed by atoms with van der Waals surface area (Å²) in [6.45, 7) is 4.79. The molecule has 0 bridgehead atoms. The maximum atomic E-state index is 11.9. The number of halogens is 1. The topological polar surface area (TPSA) is 66.4 Å². The molecular weight excluding hydrogens is 286 g/mol. The van der Waals surface area contributed by atoms with Crippen LogP contribution < -0.4 is 5.32 Å². The average Bonchev–Trinajstić information content (AvgIpc) is 2.15. The first kappa shape index (κ1) is 13.7. The molecule has 0 saturated heterocycles. The van der Waals surface area contributed by atoms with E-state index in [-0.39, 0.29) is 0 Å². The lowest BCUT2D eigenvalue weighted by Crippen LogP contribution is -2.49. The molecule has 0 aromatic heterocycles. The van der Waals surface area contributed by atoms with Crippen molar-refractivity contribution < 1.29 is 14.7 Å². The fourth-order valence-corrected chi connectivity index (χ4v) is 1.88. The van der Waals surface area contributed by atoms with Gasteiger partial charge in [-0.3, -0.25) is 4.79 Å². The predicted octanol–water partition coefficient (Wildman–Crippen LogP) is 2.35. The summed E-state index contributed by atoms with van der Waals surface area (Å²) in [6, 6.07) is 5.27. The fourth-order valence-electron chi connectivity index (χ4n) is 1.21. The Morgan fingerprint density at radius 1 is 1.35 bits per heavy atom. The van der Waals surface area contributed by atoms with Gasteiger partial charge in [0.1, 0.15) is 5.54 Å². The van der Waals surface area contributed by atoms with E-state index in [0.717, 1.165) is 5.56 Å². The molecule has 0 aliphatic heterocycles. The third-order valence-electron chi connectivity index (χ3n) is 2.33. The monoisotopic (exact) mass is 299 g/mol. The van der Waals surface area contributed by atoms with E-state index in [1.807, 2.05) is 13.0 Å². The molecule has 1 aromatic rings. The molecule has 0 atom stereocenters. The highest BCUT2D eigenvalue weighted by Gasteiger charge is 2.29. The van der Waals surface area contributed by atoms with Crippen molar-refractivity contribution in [3.8, 4) is 0 Å². The van der Waals surface area contributed by atoms with Crippen molar-refractivity contribution in [2.45, 2.75) is 26.3 Å². The Balaban J connectivity index is 2.95. The quantitative estimate of drug-likeness (QED) is 0.900. The number of carboxylic acid groups (broad SMARTS) is 1. The van der Waals surface area contributed by atoms with E-state index >= 15 is 0 Å². The van der Waals surface area contributed by atoms with Crippen molar-refractivity contribution in [3.63, 3.8) is 0 Å². The number of carboxylic acids is 1. The van der Waals surface area contributed by atoms with Crippen LogP contribution in [0.5, 0.6) is 0 Å². The normalized spacial score (nSPS) is 11.1. The van der Waals surface area contributed by atoms with Crippen LogP contribution in [0.15, 0.2) is 22.7 Å². The number of aryl methyl sites for hydroxylation is 1. The lowest BCUT2D eigenvalue weighted by Gasteiger charge is -2.21. The molecule has 0 spiro atoms. The van der Waals surface area contributed by atoms with Gasteiger partial charge in [-0.15, -0.1) is 0 Å². The second-order valence-corrected chi connectivity index (χ2v) is 5.22. The Morgan fingerprint density at radius 3 is 2.41 bits per heavy atom. The molecule has 4 nitrogen and oxygen atoms in total. The molecule has 0 fully saturated rings. The summed E-state index contributed by atoms with van der Waals surface area (Å²) in [5.74, 6) is -1.49. The van der Waals surface area contributed by atoms with Crippen molar-refractivity contribution >= 4 is 27.8 Å². The van der Waals surface area contributed by atoms with E-state index in [4.69, 9.17) is 5.11 Å². The Morgan fingerprint density at radius 2 is 1.94 bits per heavy atom. The molecule has 1 aromatic carbocycles. The second kappa shape index (κ2) is 4.87.